The summed E-state index contributed by atoms with van der Waals surface area (Å²) in [5.41, 5.74) is 1.36. The molecule has 9 heteroatoms. The number of hydrogen-bond acceptors (Lipinski definition) is 6. The molecule has 2 aromatic rings. The van der Waals surface area contributed by atoms with Crippen molar-refractivity contribution in [3.63, 3.8) is 0 Å². The number of nitrogens with one attached hydrogen (secondary N) is 3. The van der Waals surface area contributed by atoms with Crippen molar-refractivity contribution in [1.82, 2.24) is 20.9 Å². The first-order valence-electron chi connectivity index (χ1n) is 10.8. The summed E-state index contributed by atoms with van der Waals surface area (Å²) in [6.07, 6.45) is 1.15. The summed E-state index contributed by atoms with van der Waals surface area (Å²) in [6.45, 7) is 1.99. The van der Waals surface area contributed by atoms with Crippen molar-refractivity contribution in [3.05, 3.63) is 63.4 Å². The fourth-order valence-electron chi connectivity index (χ4n) is 4.56. The molecule has 0 saturated carbocycles. The van der Waals surface area contributed by atoms with E-state index in [9.17, 15) is 14.0 Å². The smallest absolute Gasteiger partial charge is 0.237 e. The van der Waals surface area contributed by atoms with E-state index >= 15 is 0 Å². The summed E-state index contributed by atoms with van der Waals surface area (Å²) >= 11 is 3.07. The zero-order valence-corrected chi connectivity index (χ0v) is 19.1. The van der Waals surface area contributed by atoms with Crippen LogP contribution in [0.25, 0.3) is 5.57 Å². The SMILES string of the molecule is O=C(NCc1cccs1)C1CCN(C2NC(=O)C3SC=C(c4ccccc4F)C3N2)CC1. The maximum atomic E-state index is 14.4. The van der Waals surface area contributed by atoms with E-state index in [4.69, 9.17) is 0 Å². The molecule has 0 aliphatic carbocycles. The van der Waals surface area contributed by atoms with Crippen LogP contribution < -0.4 is 16.0 Å². The maximum absolute atomic E-state index is 14.4. The van der Waals surface area contributed by atoms with Gasteiger partial charge in [-0.15, -0.1) is 23.1 Å². The van der Waals surface area contributed by atoms with Gasteiger partial charge in [-0.05, 0) is 41.3 Å². The van der Waals surface area contributed by atoms with Gasteiger partial charge in [0, 0.05) is 29.4 Å². The third-order valence-electron chi connectivity index (χ3n) is 6.32. The highest BCUT2D eigenvalue weighted by Crippen LogP contribution is 2.39. The van der Waals surface area contributed by atoms with Crippen molar-refractivity contribution >= 4 is 40.5 Å². The molecule has 2 amide bonds. The number of thiophene rings is 1. The fourth-order valence-corrected chi connectivity index (χ4v) is 6.34. The van der Waals surface area contributed by atoms with Crippen molar-refractivity contribution in [1.29, 1.82) is 0 Å². The number of fused-ring (bicyclic) bond motifs is 1. The molecule has 2 fully saturated rings. The number of benzene rings is 1. The van der Waals surface area contributed by atoms with E-state index in [0.717, 1.165) is 23.3 Å². The second kappa shape index (κ2) is 9.35. The molecular weight excluding hydrogens is 447 g/mol. The van der Waals surface area contributed by atoms with Crippen molar-refractivity contribution in [3.8, 4) is 0 Å². The predicted octanol–water partition coefficient (Wildman–Crippen LogP) is 2.74. The Labute approximate surface area is 194 Å². The zero-order valence-electron chi connectivity index (χ0n) is 17.4. The van der Waals surface area contributed by atoms with Gasteiger partial charge in [-0.3, -0.25) is 19.8 Å². The van der Waals surface area contributed by atoms with Crippen LogP contribution in [0.4, 0.5) is 4.39 Å². The lowest BCUT2D eigenvalue weighted by atomic mass is 9.94. The molecule has 0 radical (unpaired) electrons. The Bertz CT molecular complexity index is 1020. The monoisotopic (exact) mass is 472 g/mol. The van der Waals surface area contributed by atoms with Gasteiger partial charge in [0.05, 0.1) is 12.6 Å². The number of carbonyl (C=O) groups excluding carboxylic acids is 2. The van der Waals surface area contributed by atoms with Crippen LogP contribution in [0.3, 0.4) is 0 Å². The van der Waals surface area contributed by atoms with Crippen LogP contribution in [0.15, 0.2) is 47.2 Å². The van der Waals surface area contributed by atoms with Crippen LogP contribution in [0.2, 0.25) is 0 Å². The first-order valence-corrected chi connectivity index (χ1v) is 12.6. The molecule has 5 rings (SSSR count). The van der Waals surface area contributed by atoms with E-state index in [1.54, 1.807) is 23.5 Å². The molecule has 3 aliphatic rings. The molecule has 1 aromatic carbocycles. The predicted molar refractivity (Wildman–Crippen MR) is 125 cm³/mol. The molecular formula is C23H25FN4O2S2. The van der Waals surface area contributed by atoms with Gasteiger partial charge in [-0.2, -0.15) is 0 Å². The second-order valence-electron chi connectivity index (χ2n) is 8.27. The standard InChI is InChI=1S/C23H25FN4O2S2/c24-18-6-2-1-5-16(18)17-13-32-20-19(17)26-23(27-22(20)30)28-9-7-14(8-10-28)21(29)25-12-15-4-3-11-31-15/h1-6,11,13-14,19-20,23,26H,7-10,12H2,(H,25,29)(H,27,30). The Morgan fingerprint density at radius 3 is 2.75 bits per heavy atom. The lowest BCUT2D eigenvalue weighted by Gasteiger charge is -2.43. The lowest BCUT2D eigenvalue weighted by molar-refractivity contribution is -0.129. The normalized spacial score (nSPS) is 26.3. The van der Waals surface area contributed by atoms with Crippen molar-refractivity contribution < 1.29 is 14.0 Å². The Balaban J connectivity index is 1.19. The molecule has 0 spiro atoms. The van der Waals surface area contributed by atoms with Crippen molar-refractivity contribution in [2.24, 2.45) is 5.92 Å². The summed E-state index contributed by atoms with van der Waals surface area (Å²) in [7, 11) is 0. The minimum Gasteiger partial charge on any atom is -0.351 e. The number of amides is 2. The largest absolute Gasteiger partial charge is 0.351 e. The quantitative estimate of drug-likeness (QED) is 0.624. The maximum Gasteiger partial charge on any atom is 0.237 e. The van der Waals surface area contributed by atoms with E-state index in [1.165, 1.54) is 17.8 Å². The highest BCUT2D eigenvalue weighted by Gasteiger charge is 2.44. The molecule has 6 nitrogen and oxygen atoms in total. The first-order chi connectivity index (χ1) is 15.6. The van der Waals surface area contributed by atoms with Crippen LogP contribution in [0.1, 0.15) is 23.3 Å². The van der Waals surface area contributed by atoms with Gasteiger partial charge in [0.15, 0.2) is 0 Å². The van der Waals surface area contributed by atoms with Crippen molar-refractivity contribution in [2.75, 3.05) is 13.1 Å². The van der Waals surface area contributed by atoms with E-state index in [0.29, 0.717) is 25.2 Å². The van der Waals surface area contributed by atoms with Crippen molar-refractivity contribution in [2.45, 2.75) is 37.0 Å². The summed E-state index contributed by atoms with van der Waals surface area (Å²) < 4.78 is 14.4. The topological polar surface area (TPSA) is 73.5 Å². The number of thioether (sulfide) groups is 1. The van der Waals surface area contributed by atoms with Crippen LogP contribution in [-0.4, -0.2) is 47.4 Å². The number of piperidine rings is 1. The summed E-state index contributed by atoms with van der Waals surface area (Å²) in [4.78, 5) is 28.6. The molecule has 3 N–H and O–H groups in total. The first kappa shape index (κ1) is 21.6. The van der Waals surface area contributed by atoms with Gasteiger partial charge in [0.25, 0.3) is 0 Å². The van der Waals surface area contributed by atoms with Gasteiger partial charge in [-0.1, -0.05) is 24.3 Å². The number of nitrogens with zero attached hydrogens (tertiary/aromatic N) is 1. The number of likely N-dealkylation sites (tertiary alicyclic amines) is 1. The molecule has 0 bridgehead atoms. The summed E-state index contributed by atoms with van der Waals surface area (Å²) in [5.74, 6) is -0.245. The molecule has 3 aliphatic heterocycles. The Morgan fingerprint density at radius 2 is 2.00 bits per heavy atom. The molecule has 2 saturated heterocycles. The zero-order chi connectivity index (χ0) is 22.1. The highest BCUT2D eigenvalue weighted by molar-refractivity contribution is 8.04. The third kappa shape index (κ3) is 4.34. The molecule has 3 unspecified atom stereocenters. The summed E-state index contributed by atoms with van der Waals surface area (Å²) in [5, 5.41) is 13.2. The third-order valence-corrected chi connectivity index (χ3v) is 8.37. The van der Waals surface area contributed by atoms with Crippen LogP contribution in [0.5, 0.6) is 0 Å². The van der Waals surface area contributed by atoms with Crippen LogP contribution in [0, 0.1) is 11.7 Å². The summed E-state index contributed by atoms with van der Waals surface area (Å²) in [6, 6.07) is 10.4. The lowest BCUT2D eigenvalue weighted by Crippen LogP contribution is -2.68. The molecule has 1 aromatic heterocycles. The molecule has 168 valence electrons. The Morgan fingerprint density at radius 1 is 1.19 bits per heavy atom. The van der Waals surface area contributed by atoms with Crippen LogP contribution >= 0.6 is 23.1 Å². The number of rotatable bonds is 5. The van der Waals surface area contributed by atoms with Gasteiger partial charge < -0.3 is 10.6 Å². The second-order valence-corrected chi connectivity index (χ2v) is 10.3. The Hall–Kier alpha value is -2.20. The van der Waals surface area contributed by atoms with E-state index in [-0.39, 0.29) is 41.1 Å². The van der Waals surface area contributed by atoms with E-state index in [2.05, 4.69) is 20.9 Å². The Kier molecular flexibility index (Phi) is 6.32. The molecule has 3 atom stereocenters. The fraction of sp³-hybridized carbons (Fsp3) is 0.391. The van der Waals surface area contributed by atoms with Gasteiger partial charge in [-0.25, -0.2) is 4.39 Å². The number of carbonyl (C=O) groups is 2. The van der Waals surface area contributed by atoms with Gasteiger partial charge in [0.2, 0.25) is 11.8 Å². The van der Waals surface area contributed by atoms with E-state index < -0.39 is 0 Å². The average Bonchev–Trinajstić information content (AvgIpc) is 3.48. The molecule has 4 heterocycles. The van der Waals surface area contributed by atoms with E-state index in [1.807, 2.05) is 29.0 Å². The minimum atomic E-state index is -0.326. The number of halogens is 1. The number of hydrogen-bond donors (Lipinski definition) is 3. The minimum absolute atomic E-state index is 0.0193. The van der Waals surface area contributed by atoms with Crippen LogP contribution in [-0.2, 0) is 16.1 Å². The highest BCUT2D eigenvalue weighted by atomic mass is 32.2. The van der Waals surface area contributed by atoms with Gasteiger partial charge in [0.1, 0.15) is 17.4 Å². The van der Waals surface area contributed by atoms with Gasteiger partial charge >= 0.3 is 0 Å². The molecule has 32 heavy (non-hydrogen) atoms. The average molecular weight is 473 g/mol.